The van der Waals surface area contributed by atoms with Gasteiger partial charge >= 0.3 is 5.97 Å². The summed E-state index contributed by atoms with van der Waals surface area (Å²) in [5, 5.41) is 13.9. The number of carbonyl (C=O) groups is 1. The van der Waals surface area contributed by atoms with E-state index in [2.05, 4.69) is 64.3 Å². The predicted octanol–water partition coefficient (Wildman–Crippen LogP) is 6.76. The van der Waals surface area contributed by atoms with Gasteiger partial charge < -0.3 is 24.3 Å². The minimum Gasteiger partial charge on any atom is -0.489 e. The molecule has 0 fully saturated rings. The Kier molecular flexibility index (Phi) is 11.7. The van der Waals surface area contributed by atoms with Crippen molar-refractivity contribution in [3.8, 4) is 5.75 Å². The number of aliphatic hydroxyl groups is 1. The number of hydrogen-bond donors (Lipinski definition) is 2. The van der Waals surface area contributed by atoms with Gasteiger partial charge in [0, 0.05) is 18.2 Å². The maximum atomic E-state index is 11.6. The molecule has 0 spiro atoms. The molecule has 0 aromatic heterocycles. The Bertz CT molecular complexity index is 1240. The number of carbonyl (C=O) groups excluding carboxylic acids is 1. The van der Waals surface area contributed by atoms with Crippen LogP contribution < -0.4 is 10.1 Å². The molecule has 2 N–H and O–H groups in total. The van der Waals surface area contributed by atoms with E-state index in [1.807, 2.05) is 54.6 Å². The van der Waals surface area contributed by atoms with Crippen LogP contribution in [-0.2, 0) is 40.0 Å². The smallest absolute Gasteiger partial charge is 0.309 e. The Morgan fingerprint density at radius 2 is 1.61 bits per heavy atom. The van der Waals surface area contributed by atoms with E-state index in [-0.39, 0.29) is 36.2 Å². The highest BCUT2D eigenvalue weighted by Gasteiger charge is 2.39. The van der Waals surface area contributed by atoms with Crippen molar-refractivity contribution in [2.45, 2.75) is 84.0 Å². The van der Waals surface area contributed by atoms with Gasteiger partial charge in [0.15, 0.2) is 8.32 Å². The first-order chi connectivity index (χ1) is 19.4. The summed E-state index contributed by atoms with van der Waals surface area (Å²) in [4.78, 5) is 11.6. The number of methoxy groups -OCH3 is 1. The summed E-state index contributed by atoms with van der Waals surface area (Å²) in [5.74, 6) is 0.448. The van der Waals surface area contributed by atoms with Gasteiger partial charge in [0.05, 0.1) is 26.2 Å². The summed E-state index contributed by atoms with van der Waals surface area (Å²) in [6, 6.07) is 24.4. The molecular weight excluding hydrogens is 530 g/mol. The summed E-state index contributed by atoms with van der Waals surface area (Å²) in [6.45, 7) is 14.4. The number of nitrogens with one attached hydrogen (secondary N) is 1. The van der Waals surface area contributed by atoms with Crippen molar-refractivity contribution in [3.63, 3.8) is 0 Å². The third kappa shape index (κ3) is 9.82. The molecule has 0 aliphatic heterocycles. The van der Waals surface area contributed by atoms with Crippen LogP contribution in [0.4, 0.5) is 0 Å². The molecule has 0 aliphatic carbocycles. The lowest BCUT2D eigenvalue weighted by Crippen LogP contribution is -2.44. The fourth-order valence-corrected chi connectivity index (χ4v) is 5.61. The Hall–Kier alpha value is -2.97. The molecule has 0 saturated carbocycles. The Balaban J connectivity index is 1.73. The molecule has 7 heteroatoms. The topological polar surface area (TPSA) is 77.0 Å². The number of ether oxygens (including phenoxy) is 2. The molecule has 0 amide bonds. The molecule has 222 valence electrons. The number of rotatable bonds is 14. The monoisotopic (exact) mass is 577 g/mol. The summed E-state index contributed by atoms with van der Waals surface area (Å²) in [6.07, 6.45) is 0.955. The van der Waals surface area contributed by atoms with Gasteiger partial charge in [-0.15, -0.1) is 0 Å². The minimum atomic E-state index is -2.09. The normalized spacial score (nSPS) is 13.5. The number of esters is 1. The average Bonchev–Trinajstić information content (AvgIpc) is 2.95. The lowest BCUT2D eigenvalue weighted by Gasteiger charge is -2.40. The summed E-state index contributed by atoms with van der Waals surface area (Å²) in [7, 11) is -0.684. The van der Waals surface area contributed by atoms with Crippen LogP contribution in [0.25, 0.3) is 0 Å². The maximum absolute atomic E-state index is 11.6. The first-order valence-electron chi connectivity index (χ1n) is 14.4. The average molecular weight is 578 g/mol. The minimum absolute atomic E-state index is 0.0569. The van der Waals surface area contributed by atoms with Crippen molar-refractivity contribution in [1.29, 1.82) is 0 Å². The summed E-state index contributed by atoms with van der Waals surface area (Å²) in [5.41, 5.74) is 5.00. The fraction of sp³-hybridized carbons (Fsp3) is 0.441. The maximum Gasteiger partial charge on any atom is 0.309 e. The van der Waals surface area contributed by atoms with Crippen molar-refractivity contribution in [3.05, 3.63) is 101 Å². The molecule has 0 bridgehead atoms. The lowest BCUT2D eigenvalue weighted by molar-refractivity contribution is -0.139. The highest BCUT2D eigenvalue weighted by atomic mass is 28.4. The SMILES string of the molecule is COC(=O)Cc1ccc(C[C@@H](C)NC[C@@H](O[Si](C)(C)C(C)(C)C)c2ccc(OCc3ccccc3)c(CO)c2)cc1. The Morgan fingerprint density at radius 1 is 0.951 bits per heavy atom. The van der Waals surface area contributed by atoms with Gasteiger partial charge in [0.1, 0.15) is 12.4 Å². The molecule has 3 aromatic carbocycles. The van der Waals surface area contributed by atoms with E-state index >= 15 is 0 Å². The zero-order valence-corrected chi connectivity index (χ0v) is 26.7. The second-order valence-corrected chi connectivity index (χ2v) is 17.0. The molecule has 0 unspecified atom stereocenters. The van der Waals surface area contributed by atoms with E-state index in [1.165, 1.54) is 12.7 Å². The number of hydrogen-bond acceptors (Lipinski definition) is 6. The number of aliphatic hydroxyl groups excluding tert-OH is 1. The van der Waals surface area contributed by atoms with Gasteiger partial charge in [0.25, 0.3) is 0 Å². The van der Waals surface area contributed by atoms with E-state index in [0.717, 1.165) is 28.7 Å². The molecule has 41 heavy (non-hydrogen) atoms. The first-order valence-corrected chi connectivity index (χ1v) is 17.3. The van der Waals surface area contributed by atoms with Gasteiger partial charge in [-0.3, -0.25) is 4.79 Å². The van der Waals surface area contributed by atoms with Gasteiger partial charge in [0.2, 0.25) is 0 Å². The standard InChI is InChI=1S/C34H47NO5Si/c1-25(19-26-13-15-27(16-14-26)20-33(37)38-5)35-22-32(40-41(6,7)34(2,3)4)29-17-18-31(30(21-29)23-36)39-24-28-11-9-8-10-12-28/h8-18,21,25,32,35-36H,19-20,22-24H2,1-7H3/t25-,32-/m1/s1. The molecule has 3 aromatic rings. The van der Waals surface area contributed by atoms with Crippen LogP contribution >= 0.6 is 0 Å². The van der Waals surface area contributed by atoms with Crippen LogP contribution in [0.1, 0.15) is 61.6 Å². The van der Waals surface area contributed by atoms with Gasteiger partial charge in [-0.05, 0) is 65.9 Å². The van der Waals surface area contributed by atoms with Gasteiger partial charge in [-0.25, -0.2) is 0 Å². The van der Waals surface area contributed by atoms with Crippen LogP contribution in [0.15, 0.2) is 72.8 Å². The van der Waals surface area contributed by atoms with Crippen LogP contribution in [0.2, 0.25) is 18.1 Å². The molecule has 0 aliphatic rings. The van der Waals surface area contributed by atoms with E-state index in [4.69, 9.17) is 13.9 Å². The van der Waals surface area contributed by atoms with Crippen molar-refractivity contribution in [2.75, 3.05) is 13.7 Å². The molecule has 0 heterocycles. The summed E-state index contributed by atoms with van der Waals surface area (Å²) < 4.78 is 17.8. The van der Waals surface area contributed by atoms with E-state index in [9.17, 15) is 9.90 Å². The van der Waals surface area contributed by atoms with Crippen LogP contribution in [0.3, 0.4) is 0 Å². The van der Waals surface area contributed by atoms with Crippen molar-refractivity contribution in [1.82, 2.24) is 5.32 Å². The summed E-state index contributed by atoms with van der Waals surface area (Å²) >= 11 is 0. The fourth-order valence-electron chi connectivity index (χ4n) is 4.33. The molecule has 6 nitrogen and oxygen atoms in total. The van der Waals surface area contributed by atoms with Gasteiger partial charge in [-0.1, -0.05) is 81.4 Å². The van der Waals surface area contributed by atoms with Crippen molar-refractivity contribution < 1.29 is 23.8 Å². The van der Waals surface area contributed by atoms with Crippen LogP contribution in [-0.4, -0.2) is 39.1 Å². The van der Waals surface area contributed by atoms with Crippen molar-refractivity contribution in [2.24, 2.45) is 0 Å². The molecular formula is C34H47NO5Si. The Labute approximate surface area is 247 Å². The zero-order valence-electron chi connectivity index (χ0n) is 25.7. The second kappa shape index (κ2) is 14.8. The molecule has 3 rings (SSSR count). The number of benzene rings is 3. The third-order valence-electron chi connectivity index (χ3n) is 7.90. The lowest BCUT2D eigenvalue weighted by atomic mass is 10.0. The largest absolute Gasteiger partial charge is 0.489 e. The molecule has 0 saturated heterocycles. The van der Waals surface area contributed by atoms with E-state index in [1.54, 1.807) is 0 Å². The third-order valence-corrected chi connectivity index (χ3v) is 12.4. The van der Waals surface area contributed by atoms with Crippen LogP contribution in [0, 0.1) is 0 Å². The second-order valence-electron chi connectivity index (χ2n) is 12.2. The van der Waals surface area contributed by atoms with E-state index in [0.29, 0.717) is 18.9 Å². The van der Waals surface area contributed by atoms with Crippen molar-refractivity contribution >= 4 is 14.3 Å². The van der Waals surface area contributed by atoms with Gasteiger partial charge in [-0.2, -0.15) is 0 Å². The van der Waals surface area contributed by atoms with Crippen LogP contribution in [0.5, 0.6) is 5.75 Å². The predicted molar refractivity (Wildman–Crippen MR) is 167 cm³/mol. The highest BCUT2D eigenvalue weighted by molar-refractivity contribution is 6.74. The zero-order chi connectivity index (χ0) is 30.0. The highest BCUT2D eigenvalue weighted by Crippen LogP contribution is 2.40. The quantitative estimate of drug-likeness (QED) is 0.163. The molecule has 2 atom stereocenters. The first kappa shape index (κ1) is 32.5. The molecule has 0 radical (unpaired) electrons. The Morgan fingerprint density at radius 3 is 2.22 bits per heavy atom. The van der Waals surface area contributed by atoms with E-state index < -0.39 is 8.32 Å².